The summed E-state index contributed by atoms with van der Waals surface area (Å²) in [6, 6.07) is 9.09. The molecular weight excluding hydrogens is 307 g/mol. The van der Waals surface area contributed by atoms with Crippen molar-refractivity contribution in [2.75, 3.05) is 13.3 Å². The minimum Gasteiger partial charge on any atom is -0.359 e. The lowest BCUT2D eigenvalue weighted by Crippen LogP contribution is -2.33. The van der Waals surface area contributed by atoms with Crippen molar-refractivity contribution in [1.29, 1.82) is 0 Å². The smallest absolute Gasteiger partial charge is 0.359 e. The van der Waals surface area contributed by atoms with Crippen molar-refractivity contribution in [3.8, 4) is 0 Å². The number of alkyl halides is 3. The van der Waals surface area contributed by atoms with E-state index in [0.29, 0.717) is 12.2 Å². The molecule has 1 aliphatic heterocycles. The van der Waals surface area contributed by atoms with Gasteiger partial charge in [-0.25, -0.2) is 0 Å². The molecule has 0 N–H and O–H groups in total. The number of nitrogens with zero attached hydrogens (tertiary/aromatic N) is 1. The molecule has 0 saturated carbocycles. The molecule has 0 unspecified atom stereocenters. The number of benzene rings is 1. The summed E-state index contributed by atoms with van der Waals surface area (Å²) in [6.07, 6.45) is -5.55. The van der Waals surface area contributed by atoms with Gasteiger partial charge in [0.05, 0.1) is 19.1 Å². The summed E-state index contributed by atoms with van der Waals surface area (Å²) in [5.41, 5.74) is 1.29. The number of carbonyl (C=O) groups is 1. The number of allylic oxidation sites excluding steroid dienone is 1. The standard InChI is InChI=1S/C17H20F3NO2/c1-12(2)14(9-17(18,19)20)8-16(22)21-11-23-10-15(21)13-6-4-3-5-7-13/h3-7,14-15H,1,8-11H2,2H3/t14-,15-/m1/s1. The topological polar surface area (TPSA) is 29.5 Å². The highest BCUT2D eigenvalue weighted by molar-refractivity contribution is 5.77. The minimum atomic E-state index is -4.32. The molecule has 0 radical (unpaired) electrons. The first kappa shape index (κ1) is 17.5. The zero-order valence-corrected chi connectivity index (χ0v) is 13.0. The lowest BCUT2D eigenvalue weighted by Gasteiger charge is -2.26. The Balaban J connectivity index is 2.07. The van der Waals surface area contributed by atoms with Crippen LogP contribution in [0.15, 0.2) is 42.5 Å². The van der Waals surface area contributed by atoms with Crippen LogP contribution >= 0.6 is 0 Å². The van der Waals surface area contributed by atoms with Gasteiger partial charge in [-0.05, 0) is 18.4 Å². The molecule has 1 amide bonds. The SMILES string of the molecule is C=C(C)[C@H](CC(=O)N1COC[C@@H]1c1ccccc1)CC(F)(F)F. The van der Waals surface area contributed by atoms with Crippen molar-refractivity contribution in [2.45, 2.75) is 32.0 Å². The van der Waals surface area contributed by atoms with Gasteiger partial charge < -0.3 is 9.64 Å². The Kier molecular flexibility index (Phi) is 5.46. The van der Waals surface area contributed by atoms with E-state index in [1.54, 1.807) is 0 Å². The third-order valence-electron chi connectivity index (χ3n) is 3.98. The highest BCUT2D eigenvalue weighted by Crippen LogP contribution is 2.33. The fraction of sp³-hybridized carbons (Fsp3) is 0.471. The van der Waals surface area contributed by atoms with Crippen LogP contribution in [0.25, 0.3) is 0 Å². The Labute approximate surface area is 133 Å². The van der Waals surface area contributed by atoms with E-state index < -0.39 is 18.5 Å². The first-order chi connectivity index (χ1) is 10.8. The number of carbonyl (C=O) groups excluding carboxylic acids is 1. The van der Waals surface area contributed by atoms with Crippen LogP contribution in [0.3, 0.4) is 0 Å². The third-order valence-corrected chi connectivity index (χ3v) is 3.98. The van der Waals surface area contributed by atoms with Crippen LogP contribution in [0.4, 0.5) is 13.2 Å². The third kappa shape index (κ3) is 4.82. The maximum Gasteiger partial charge on any atom is 0.389 e. The van der Waals surface area contributed by atoms with E-state index in [1.807, 2.05) is 30.3 Å². The summed E-state index contributed by atoms with van der Waals surface area (Å²) in [5.74, 6) is -1.24. The first-order valence-corrected chi connectivity index (χ1v) is 7.42. The lowest BCUT2D eigenvalue weighted by atomic mass is 9.93. The predicted octanol–water partition coefficient (Wildman–Crippen LogP) is 4.08. The van der Waals surface area contributed by atoms with Crippen LogP contribution in [0.5, 0.6) is 0 Å². The van der Waals surface area contributed by atoms with Gasteiger partial charge in [-0.1, -0.05) is 42.5 Å². The molecule has 0 aromatic heterocycles. The molecule has 3 nitrogen and oxygen atoms in total. The van der Waals surface area contributed by atoms with E-state index in [0.717, 1.165) is 5.56 Å². The molecular formula is C17H20F3NO2. The Morgan fingerprint density at radius 2 is 2.04 bits per heavy atom. The largest absolute Gasteiger partial charge is 0.389 e. The van der Waals surface area contributed by atoms with Gasteiger partial charge in [0, 0.05) is 6.42 Å². The highest BCUT2D eigenvalue weighted by Gasteiger charge is 2.36. The summed E-state index contributed by atoms with van der Waals surface area (Å²) in [4.78, 5) is 14.0. The van der Waals surface area contributed by atoms with Gasteiger partial charge in [-0.15, -0.1) is 0 Å². The van der Waals surface area contributed by atoms with E-state index in [-0.39, 0.29) is 25.1 Å². The number of hydrogen-bond acceptors (Lipinski definition) is 2. The Morgan fingerprint density at radius 3 is 2.61 bits per heavy atom. The number of ether oxygens (including phenoxy) is 1. The Morgan fingerprint density at radius 1 is 1.39 bits per heavy atom. The van der Waals surface area contributed by atoms with Crippen LogP contribution in [0, 0.1) is 5.92 Å². The van der Waals surface area contributed by atoms with Gasteiger partial charge in [-0.2, -0.15) is 13.2 Å². The molecule has 6 heteroatoms. The van der Waals surface area contributed by atoms with Crippen LogP contribution < -0.4 is 0 Å². The van der Waals surface area contributed by atoms with Crippen LogP contribution in [-0.4, -0.2) is 30.3 Å². The van der Waals surface area contributed by atoms with E-state index in [4.69, 9.17) is 4.74 Å². The van der Waals surface area contributed by atoms with Gasteiger partial charge >= 0.3 is 6.18 Å². The maximum atomic E-state index is 12.6. The van der Waals surface area contributed by atoms with Crippen molar-refractivity contribution >= 4 is 5.91 Å². The monoisotopic (exact) mass is 327 g/mol. The molecule has 1 aliphatic rings. The normalized spacial score (nSPS) is 19.7. The van der Waals surface area contributed by atoms with Gasteiger partial charge in [0.25, 0.3) is 0 Å². The van der Waals surface area contributed by atoms with Crippen molar-refractivity contribution < 1.29 is 22.7 Å². The van der Waals surface area contributed by atoms with Crippen molar-refractivity contribution in [1.82, 2.24) is 4.90 Å². The van der Waals surface area contributed by atoms with Gasteiger partial charge in [0.15, 0.2) is 0 Å². The van der Waals surface area contributed by atoms with Crippen molar-refractivity contribution in [3.63, 3.8) is 0 Å². The molecule has 0 spiro atoms. The summed E-state index contributed by atoms with van der Waals surface area (Å²) < 4.78 is 43.3. The maximum absolute atomic E-state index is 12.6. The summed E-state index contributed by atoms with van der Waals surface area (Å²) in [5, 5.41) is 0. The Hall–Kier alpha value is -1.82. The van der Waals surface area contributed by atoms with E-state index in [2.05, 4.69) is 6.58 Å². The second kappa shape index (κ2) is 7.17. The molecule has 2 atom stereocenters. The lowest BCUT2D eigenvalue weighted by molar-refractivity contribution is -0.147. The van der Waals surface area contributed by atoms with Crippen molar-refractivity contribution in [3.05, 3.63) is 48.0 Å². The molecule has 1 aromatic rings. The predicted molar refractivity (Wildman–Crippen MR) is 80.4 cm³/mol. The number of rotatable bonds is 5. The number of hydrogen-bond donors (Lipinski definition) is 0. The number of amides is 1. The molecule has 1 aromatic carbocycles. The highest BCUT2D eigenvalue weighted by atomic mass is 19.4. The zero-order chi connectivity index (χ0) is 17.0. The first-order valence-electron chi connectivity index (χ1n) is 7.42. The van der Waals surface area contributed by atoms with Crippen LogP contribution in [0.1, 0.15) is 31.4 Å². The van der Waals surface area contributed by atoms with E-state index >= 15 is 0 Å². The summed E-state index contributed by atoms with van der Waals surface area (Å²) >= 11 is 0. The minimum absolute atomic E-state index is 0.104. The zero-order valence-electron chi connectivity index (χ0n) is 13.0. The molecule has 0 bridgehead atoms. The molecule has 1 saturated heterocycles. The average Bonchev–Trinajstić information content (AvgIpc) is 2.95. The van der Waals surface area contributed by atoms with Gasteiger partial charge in [0.2, 0.25) is 5.91 Å². The molecule has 1 fully saturated rings. The number of halogens is 3. The average molecular weight is 327 g/mol. The summed E-state index contributed by atoms with van der Waals surface area (Å²) in [7, 11) is 0. The van der Waals surface area contributed by atoms with Crippen LogP contribution in [0.2, 0.25) is 0 Å². The molecule has 0 aliphatic carbocycles. The quantitative estimate of drug-likeness (QED) is 0.763. The molecule has 126 valence electrons. The fourth-order valence-corrected chi connectivity index (χ4v) is 2.67. The fourth-order valence-electron chi connectivity index (χ4n) is 2.67. The van der Waals surface area contributed by atoms with Gasteiger partial charge in [0.1, 0.15) is 6.73 Å². The van der Waals surface area contributed by atoms with Gasteiger partial charge in [-0.3, -0.25) is 4.79 Å². The van der Waals surface area contributed by atoms with Crippen molar-refractivity contribution in [2.24, 2.45) is 5.92 Å². The molecule has 1 heterocycles. The second-order valence-electron chi connectivity index (χ2n) is 5.86. The second-order valence-corrected chi connectivity index (χ2v) is 5.86. The molecule has 2 rings (SSSR count). The van der Waals surface area contributed by atoms with E-state index in [1.165, 1.54) is 11.8 Å². The molecule has 23 heavy (non-hydrogen) atoms. The Bertz CT molecular complexity index is 557. The van der Waals surface area contributed by atoms with Crippen LogP contribution in [-0.2, 0) is 9.53 Å². The van der Waals surface area contributed by atoms with E-state index in [9.17, 15) is 18.0 Å². The summed E-state index contributed by atoms with van der Waals surface area (Å²) in [6.45, 7) is 5.58.